The van der Waals surface area contributed by atoms with Crippen molar-refractivity contribution in [2.45, 2.75) is 39.0 Å². The summed E-state index contributed by atoms with van der Waals surface area (Å²) >= 11 is 18.8. The third kappa shape index (κ3) is 5.11. The quantitative estimate of drug-likeness (QED) is 0.281. The second kappa shape index (κ2) is 10.8. The van der Waals surface area contributed by atoms with Crippen LogP contribution in [0.25, 0.3) is 16.9 Å². The number of amides is 1. The number of hydrogen-bond donors (Lipinski definition) is 2. The second-order valence-corrected chi connectivity index (χ2v) is 12.7. The Hall–Kier alpha value is -2.05. The van der Waals surface area contributed by atoms with Gasteiger partial charge in [-0.1, -0.05) is 46.9 Å². The molecule has 4 bridgehead atoms. The molecule has 0 unspecified atom stereocenters. The van der Waals surface area contributed by atoms with E-state index in [1.807, 2.05) is 37.3 Å². The van der Waals surface area contributed by atoms with Crippen molar-refractivity contribution in [3.63, 3.8) is 0 Å². The molecular weight excluding hydrogens is 539 g/mol. The van der Waals surface area contributed by atoms with E-state index < -0.39 is 0 Å². The largest absolute Gasteiger partial charge is 0.349 e. The lowest BCUT2D eigenvalue weighted by Crippen LogP contribution is -2.49. The van der Waals surface area contributed by atoms with Crippen molar-refractivity contribution in [1.29, 1.82) is 0 Å². The van der Waals surface area contributed by atoms with Gasteiger partial charge in [0.05, 0.1) is 16.4 Å². The van der Waals surface area contributed by atoms with Crippen LogP contribution >= 0.6 is 34.8 Å². The molecule has 200 valence electrons. The lowest BCUT2D eigenvalue weighted by atomic mass is 9.52. The van der Waals surface area contributed by atoms with Gasteiger partial charge in [-0.15, -0.1) is 0 Å². The monoisotopic (exact) mass is 570 g/mol. The third-order valence-electron chi connectivity index (χ3n) is 8.98. The number of carbonyl (C=O) groups excluding carboxylic acids is 1. The zero-order chi connectivity index (χ0) is 26.4. The highest BCUT2D eigenvalue weighted by molar-refractivity contribution is 6.35. The molecule has 4 aliphatic carbocycles. The molecule has 8 heteroatoms. The summed E-state index contributed by atoms with van der Waals surface area (Å²) in [5.41, 5.74) is 3.48. The van der Waals surface area contributed by atoms with Crippen molar-refractivity contribution >= 4 is 40.7 Å². The topological polar surface area (TPSA) is 59.0 Å². The molecule has 3 aromatic rings. The highest BCUT2D eigenvalue weighted by Gasteiger charge is 2.47. The van der Waals surface area contributed by atoms with E-state index in [1.165, 1.54) is 32.1 Å². The van der Waals surface area contributed by atoms with Gasteiger partial charge >= 0.3 is 0 Å². The van der Waals surface area contributed by atoms with Gasteiger partial charge in [0.25, 0.3) is 5.91 Å². The minimum Gasteiger partial charge on any atom is -0.349 e. The fourth-order valence-corrected chi connectivity index (χ4v) is 8.09. The van der Waals surface area contributed by atoms with E-state index in [9.17, 15) is 4.79 Å². The van der Waals surface area contributed by atoms with E-state index in [0.717, 1.165) is 59.5 Å². The molecule has 7 rings (SSSR count). The Morgan fingerprint density at radius 1 is 0.921 bits per heavy atom. The summed E-state index contributed by atoms with van der Waals surface area (Å²) in [7, 11) is 0. The van der Waals surface area contributed by atoms with Crippen LogP contribution < -0.4 is 10.6 Å². The second-order valence-electron chi connectivity index (χ2n) is 11.4. The van der Waals surface area contributed by atoms with Gasteiger partial charge in [-0.25, -0.2) is 4.68 Å². The smallest absolute Gasteiger partial charge is 0.272 e. The predicted molar refractivity (Wildman–Crippen MR) is 155 cm³/mol. The van der Waals surface area contributed by atoms with E-state index in [0.29, 0.717) is 33.0 Å². The van der Waals surface area contributed by atoms with Crippen LogP contribution in [-0.4, -0.2) is 35.3 Å². The SMILES string of the molecule is Cc1c(C(=O)NCCNCC2C3CC4CC(C3)CC2C4)nn(-c2ccc(Cl)cc2Cl)c1-c1ccc(Cl)cc1. The Morgan fingerprint density at radius 3 is 2.24 bits per heavy atom. The van der Waals surface area contributed by atoms with Crippen molar-refractivity contribution in [2.75, 3.05) is 19.6 Å². The van der Waals surface area contributed by atoms with Crippen LogP contribution in [-0.2, 0) is 0 Å². The normalized spacial score (nSPS) is 25.6. The Kier molecular flexibility index (Phi) is 7.47. The zero-order valence-electron chi connectivity index (χ0n) is 21.5. The van der Waals surface area contributed by atoms with E-state index in [2.05, 4.69) is 10.6 Å². The number of nitrogens with one attached hydrogen (secondary N) is 2. The van der Waals surface area contributed by atoms with Crippen LogP contribution in [0.1, 0.15) is 48.2 Å². The molecule has 2 aromatic carbocycles. The van der Waals surface area contributed by atoms with E-state index >= 15 is 0 Å². The molecular formula is C30H33Cl3N4O. The number of rotatable bonds is 8. The van der Waals surface area contributed by atoms with E-state index in [4.69, 9.17) is 39.9 Å². The van der Waals surface area contributed by atoms with Gasteiger partial charge in [0.2, 0.25) is 0 Å². The van der Waals surface area contributed by atoms with Crippen molar-refractivity contribution < 1.29 is 4.79 Å². The molecule has 0 spiro atoms. The Bertz CT molecular complexity index is 1310. The van der Waals surface area contributed by atoms with Gasteiger partial charge in [-0.3, -0.25) is 4.79 Å². The first-order valence-corrected chi connectivity index (χ1v) is 14.8. The lowest BCUT2D eigenvalue weighted by Gasteiger charge is -2.54. The standard InChI is InChI=1S/C30H33Cl3N4O/c1-17-28(30(38)35-9-8-34-16-25-21-11-18-10-19(13-21)14-22(25)12-18)36-37(27-7-6-24(32)15-26(27)33)29(17)20-2-4-23(31)5-3-20/h2-7,15,18-19,21-22,25,34H,8-14,16H2,1H3,(H,35,38). The number of nitrogens with zero attached hydrogens (tertiary/aromatic N) is 2. The summed E-state index contributed by atoms with van der Waals surface area (Å²) in [5.74, 6) is 4.42. The van der Waals surface area contributed by atoms with Crippen molar-refractivity contribution in [2.24, 2.45) is 29.6 Å². The minimum absolute atomic E-state index is 0.196. The maximum Gasteiger partial charge on any atom is 0.272 e. The highest BCUT2D eigenvalue weighted by atomic mass is 35.5. The maximum absolute atomic E-state index is 13.3. The van der Waals surface area contributed by atoms with Gasteiger partial charge in [-0.2, -0.15) is 5.10 Å². The Balaban J connectivity index is 1.14. The maximum atomic E-state index is 13.3. The summed E-state index contributed by atoms with van der Waals surface area (Å²) in [6.07, 6.45) is 7.23. The number of halogens is 3. The van der Waals surface area contributed by atoms with Crippen LogP contribution in [0.5, 0.6) is 0 Å². The molecule has 1 amide bonds. The fraction of sp³-hybridized carbons (Fsp3) is 0.467. The highest BCUT2D eigenvalue weighted by Crippen LogP contribution is 2.56. The number of carbonyl (C=O) groups is 1. The molecule has 1 aromatic heterocycles. The van der Waals surface area contributed by atoms with Crippen molar-refractivity contribution in [1.82, 2.24) is 20.4 Å². The number of benzene rings is 2. The average molecular weight is 572 g/mol. The summed E-state index contributed by atoms with van der Waals surface area (Å²) in [4.78, 5) is 13.3. The lowest BCUT2D eigenvalue weighted by molar-refractivity contribution is -0.0353. The molecule has 5 nitrogen and oxygen atoms in total. The molecule has 2 N–H and O–H groups in total. The number of hydrogen-bond acceptors (Lipinski definition) is 3. The van der Waals surface area contributed by atoms with Crippen LogP contribution in [0.15, 0.2) is 42.5 Å². The Labute approximate surface area is 239 Å². The van der Waals surface area contributed by atoms with Gasteiger partial charge in [-0.05, 0) is 105 Å². The molecule has 0 aliphatic heterocycles. The Morgan fingerprint density at radius 2 is 1.58 bits per heavy atom. The first-order valence-electron chi connectivity index (χ1n) is 13.7. The molecule has 4 aliphatic rings. The summed E-state index contributed by atoms with van der Waals surface area (Å²) in [6.45, 7) is 4.28. The van der Waals surface area contributed by atoms with Crippen LogP contribution in [0.3, 0.4) is 0 Å². The van der Waals surface area contributed by atoms with Crippen LogP contribution in [0.4, 0.5) is 0 Å². The van der Waals surface area contributed by atoms with Crippen molar-refractivity contribution in [3.05, 3.63) is 68.8 Å². The molecule has 0 atom stereocenters. The zero-order valence-corrected chi connectivity index (χ0v) is 23.8. The van der Waals surface area contributed by atoms with Gasteiger partial charge in [0.15, 0.2) is 5.69 Å². The van der Waals surface area contributed by atoms with Gasteiger partial charge < -0.3 is 10.6 Å². The van der Waals surface area contributed by atoms with Gasteiger partial charge in [0, 0.05) is 34.3 Å². The van der Waals surface area contributed by atoms with Crippen LogP contribution in [0.2, 0.25) is 15.1 Å². The first kappa shape index (κ1) is 26.2. The van der Waals surface area contributed by atoms with E-state index in [-0.39, 0.29) is 5.91 Å². The van der Waals surface area contributed by atoms with Crippen molar-refractivity contribution in [3.8, 4) is 16.9 Å². The molecule has 0 saturated heterocycles. The first-order chi connectivity index (χ1) is 18.4. The molecule has 1 heterocycles. The molecule has 38 heavy (non-hydrogen) atoms. The fourth-order valence-electron chi connectivity index (χ4n) is 7.47. The summed E-state index contributed by atoms with van der Waals surface area (Å²) < 4.78 is 1.72. The molecule has 4 fully saturated rings. The predicted octanol–water partition coefficient (Wildman–Crippen LogP) is 7.20. The van der Waals surface area contributed by atoms with E-state index in [1.54, 1.807) is 16.8 Å². The molecule has 4 saturated carbocycles. The minimum atomic E-state index is -0.196. The number of aromatic nitrogens is 2. The summed E-state index contributed by atoms with van der Waals surface area (Å²) in [5, 5.41) is 13.1. The average Bonchev–Trinajstić information content (AvgIpc) is 3.22. The molecule has 0 radical (unpaired) electrons. The van der Waals surface area contributed by atoms with Crippen LogP contribution in [0, 0.1) is 36.5 Å². The third-order valence-corrected chi connectivity index (χ3v) is 9.77. The van der Waals surface area contributed by atoms with Gasteiger partial charge in [0.1, 0.15) is 0 Å². The summed E-state index contributed by atoms with van der Waals surface area (Å²) in [6, 6.07) is 12.7.